The minimum Gasteiger partial charge on any atom is -0.302 e. The molecule has 0 aromatic carbocycles. The van der Waals surface area contributed by atoms with Crippen molar-refractivity contribution in [3.63, 3.8) is 0 Å². The predicted molar refractivity (Wildman–Crippen MR) is 68.6 cm³/mol. The molecule has 0 radical (unpaired) electrons. The van der Waals surface area contributed by atoms with E-state index in [1.807, 2.05) is 0 Å². The van der Waals surface area contributed by atoms with E-state index in [4.69, 9.17) is 0 Å². The first-order valence-corrected chi connectivity index (χ1v) is 7.77. The minimum atomic E-state index is -3.42. The van der Waals surface area contributed by atoms with Crippen LogP contribution in [0.3, 0.4) is 0 Å². The van der Waals surface area contributed by atoms with Gasteiger partial charge in [-0.2, -0.15) is 5.10 Å². The highest BCUT2D eigenvalue weighted by Gasteiger charge is 2.18. The van der Waals surface area contributed by atoms with Gasteiger partial charge in [-0.3, -0.25) is 5.10 Å². The Morgan fingerprint density at radius 2 is 2.22 bits per heavy atom. The second-order valence-corrected chi connectivity index (χ2v) is 6.58. The summed E-state index contributed by atoms with van der Waals surface area (Å²) < 4.78 is 26.2. The third-order valence-electron chi connectivity index (χ3n) is 3.36. The van der Waals surface area contributed by atoms with Gasteiger partial charge in [0.05, 0.1) is 6.20 Å². The zero-order valence-corrected chi connectivity index (χ0v) is 11.4. The maximum atomic E-state index is 11.8. The topological polar surface area (TPSA) is 78.1 Å². The van der Waals surface area contributed by atoms with Crippen LogP contribution in [0.1, 0.15) is 19.8 Å². The molecule has 2 rings (SSSR count). The van der Waals surface area contributed by atoms with E-state index in [1.54, 1.807) is 0 Å². The van der Waals surface area contributed by atoms with E-state index in [2.05, 4.69) is 26.7 Å². The molecule has 0 spiro atoms. The third kappa shape index (κ3) is 3.54. The maximum absolute atomic E-state index is 11.8. The molecule has 1 aliphatic rings. The van der Waals surface area contributed by atoms with Crippen LogP contribution in [-0.2, 0) is 10.0 Å². The van der Waals surface area contributed by atoms with Crippen LogP contribution in [0.5, 0.6) is 0 Å². The summed E-state index contributed by atoms with van der Waals surface area (Å²) >= 11 is 0. The van der Waals surface area contributed by atoms with Crippen LogP contribution in [0.15, 0.2) is 17.3 Å². The van der Waals surface area contributed by atoms with Crippen LogP contribution in [0.4, 0.5) is 0 Å². The highest BCUT2D eigenvalue weighted by atomic mass is 32.2. The number of nitrogens with zero attached hydrogens (tertiary/aromatic N) is 2. The van der Waals surface area contributed by atoms with Crippen LogP contribution in [0, 0.1) is 5.92 Å². The summed E-state index contributed by atoms with van der Waals surface area (Å²) in [6, 6.07) is 1.45. The normalized spacial score (nSPS) is 19.2. The number of sulfonamides is 1. The molecule has 0 aliphatic carbocycles. The average Bonchev–Trinajstić information content (AvgIpc) is 2.86. The van der Waals surface area contributed by atoms with Crippen LogP contribution in [-0.4, -0.2) is 49.7 Å². The summed E-state index contributed by atoms with van der Waals surface area (Å²) in [5.74, 6) is 0.794. The summed E-state index contributed by atoms with van der Waals surface area (Å²) in [5, 5.41) is 6.22. The van der Waals surface area contributed by atoms with Gasteiger partial charge in [0.2, 0.25) is 0 Å². The predicted octanol–water partition coefficient (Wildman–Crippen LogP) is 0.420. The Hall–Kier alpha value is -0.920. The molecule has 0 bridgehead atoms. The quantitative estimate of drug-likeness (QED) is 0.814. The lowest BCUT2D eigenvalue weighted by atomic mass is 9.99. The Labute approximate surface area is 108 Å². The van der Waals surface area contributed by atoms with Gasteiger partial charge >= 0.3 is 0 Å². The maximum Gasteiger partial charge on any atom is 0.257 e. The highest BCUT2D eigenvalue weighted by Crippen LogP contribution is 2.15. The fraction of sp³-hybridized carbons (Fsp3) is 0.727. The summed E-state index contributed by atoms with van der Waals surface area (Å²) in [6.07, 6.45) is 3.83. The summed E-state index contributed by atoms with van der Waals surface area (Å²) in [6.45, 7) is 5.59. The molecule has 1 aromatic heterocycles. The van der Waals surface area contributed by atoms with E-state index >= 15 is 0 Å². The van der Waals surface area contributed by atoms with Crippen molar-refractivity contribution in [3.8, 4) is 0 Å². The summed E-state index contributed by atoms with van der Waals surface area (Å²) in [7, 11) is -3.42. The van der Waals surface area contributed by atoms with Gasteiger partial charge in [-0.25, -0.2) is 13.1 Å². The molecule has 7 heteroatoms. The van der Waals surface area contributed by atoms with Crippen molar-refractivity contribution in [2.75, 3.05) is 26.2 Å². The first kappa shape index (κ1) is 13.5. The number of H-pyrrole nitrogens is 1. The largest absolute Gasteiger partial charge is 0.302 e. The van der Waals surface area contributed by atoms with E-state index in [9.17, 15) is 8.42 Å². The van der Waals surface area contributed by atoms with Gasteiger partial charge in [0.15, 0.2) is 5.03 Å². The lowest BCUT2D eigenvalue weighted by molar-refractivity contribution is 0.195. The highest BCUT2D eigenvalue weighted by molar-refractivity contribution is 7.89. The zero-order chi connectivity index (χ0) is 13.0. The second kappa shape index (κ2) is 5.81. The molecule has 18 heavy (non-hydrogen) atoms. The van der Waals surface area contributed by atoms with Crippen molar-refractivity contribution in [1.82, 2.24) is 19.8 Å². The first-order chi connectivity index (χ1) is 8.58. The Morgan fingerprint density at radius 3 is 2.83 bits per heavy atom. The van der Waals surface area contributed by atoms with Gasteiger partial charge in [-0.15, -0.1) is 0 Å². The third-order valence-corrected chi connectivity index (χ3v) is 4.75. The monoisotopic (exact) mass is 272 g/mol. The van der Waals surface area contributed by atoms with Crippen molar-refractivity contribution in [3.05, 3.63) is 12.3 Å². The van der Waals surface area contributed by atoms with Crippen LogP contribution < -0.4 is 4.72 Å². The molecule has 2 N–H and O–H groups in total. The molecule has 0 atom stereocenters. The Kier molecular flexibility index (Phi) is 4.36. The summed E-state index contributed by atoms with van der Waals surface area (Å²) in [4.78, 5) is 2.30. The fourth-order valence-electron chi connectivity index (χ4n) is 2.09. The van der Waals surface area contributed by atoms with Crippen molar-refractivity contribution in [2.45, 2.75) is 24.8 Å². The molecular weight excluding hydrogens is 252 g/mol. The molecule has 1 aliphatic heterocycles. The lowest BCUT2D eigenvalue weighted by Gasteiger charge is -2.29. The van der Waals surface area contributed by atoms with Crippen LogP contribution >= 0.6 is 0 Å². The number of aromatic nitrogens is 2. The van der Waals surface area contributed by atoms with Gasteiger partial charge in [0.1, 0.15) is 0 Å². The zero-order valence-electron chi connectivity index (χ0n) is 10.6. The van der Waals surface area contributed by atoms with Gasteiger partial charge in [0, 0.05) is 13.1 Å². The Bertz CT molecular complexity index is 449. The molecule has 0 saturated carbocycles. The number of likely N-dealkylation sites (tertiary alicyclic amines) is 1. The Morgan fingerprint density at radius 1 is 1.50 bits per heavy atom. The molecular formula is C11H20N4O2S. The number of hydrogen-bond donors (Lipinski definition) is 2. The van der Waals surface area contributed by atoms with E-state index in [0.717, 1.165) is 25.6 Å². The van der Waals surface area contributed by atoms with Crippen molar-refractivity contribution in [2.24, 2.45) is 5.92 Å². The summed E-state index contributed by atoms with van der Waals surface area (Å²) in [5.41, 5.74) is 0. The van der Waals surface area contributed by atoms with Crippen LogP contribution in [0.2, 0.25) is 0 Å². The standard InChI is InChI=1S/C11H20N4O2S/c1-10-3-7-15(8-4-10)9-6-13-18(16,17)11-2-5-12-14-11/h2,5,10,13H,3-4,6-9H2,1H3,(H,12,14). The van der Waals surface area contributed by atoms with E-state index in [-0.39, 0.29) is 5.03 Å². The van der Waals surface area contributed by atoms with Crippen LogP contribution in [0.25, 0.3) is 0 Å². The first-order valence-electron chi connectivity index (χ1n) is 6.29. The molecule has 2 heterocycles. The molecule has 102 valence electrons. The van der Waals surface area contributed by atoms with Gasteiger partial charge in [-0.1, -0.05) is 6.92 Å². The fourth-order valence-corrected chi connectivity index (χ4v) is 3.02. The SMILES string of the molecule is CC1CCN(CCNS(=O)(=O)c2ccn[nH]2)CC1. The number of rotatable bonds is 5. The van der Waals surface area contributed by atoms with Gasteiger partial charge in [0.25, 0.3) is 10.0 Å². The van der Waals surface area contributed by atoms with Crippen molar-refractivity contribution >= 4 is 10.0 Å². The number of piperidine rings is 1. The van der Waals surface area contributed by atoms with E-state index in [1.165, 1.54) is 25.1 Å². The Balaban J connectivity index is 1.75. The number of aromatic amines is 1. The smallest absolute Gasteiger partial charge is 0.257 e. The molecule has 1 aromatic rings. The van der Waals surface area contributed by atoms with Gasteiger partial charge in [-0.05, 0) is 37.9 Å². The van der Waals surface area contributed by atoms with Crippen molar-refractivity contribution < 1.29 is 8.42 Å². The average molecular weight is 272 g/mol. The molecule has 0 amide bonds. The molecule has 6 nitrogen and oxygen atoms in total. The van der Waals surface area contributed by atoms with Crippen molar-refractivity contribution in [1.29, 1.82) is 0 Å². The molecule has 1 fully saturated rings. The molecule has 0 unspecified atom stereocenters. The second-order valence-electron chi connectivity index (χ2n) is 4.84. The minimum absolute atomic E-state index is 0.120. The number of hydrogen-bond acceptors (Lipinski definition) is 4. The molecule has 1 saturated heterocycles. The number of nitrogens with one attached hydrogen (secondary N) is 2. The van der Waals surface area contributed by atoms with E-state index < -0.39 is 10.0 Å². The van der Waals surface area contributed by atoms with E-state index in [0.29, 0.717) is 6.54 Å². The van der Waals surface area contributed by atoms with Gasteiger partial charge < -0.3 is 4.90 Å². The lowest BCUT2D eigenvalue weighted by Crippen LogP contribution is -2.39.